The van der Waals surface area contributed by atoms with Gasteiger partial charge in [0.15, 0.2) is 0 Å². The third-order valence-electron chi connectivity index (χ3n) is 5.59. The maximum absolute atomic E-state index is 3.77. The first-order chi connectivity index (χ1) is 9.51. The summed E-state index contributed by atoms with van der Waals surface area (Å²) >= 11 is 0. The van der Waals surface area contributed by atoms with Gasteiger partial charge in [0.25, 0.3) is 0 Å². The second-order valence-electron chi connectivity index (χ2n) is 7.55. The first-order valence-corrected chi connectivity index (χ1v) is 8.63. The van der Waals surface area contributed by atoms with Crippen LogP contribution in [0.15, 0.2) is 0 Å². The van der Waals surface area contributed by atoms with E-state index in [-0.39, 0.29) is 0 Å². The minimum absolute atomic E-state index is 0.733. The molecule has 3 nitrogen and oxygen atoms in total. The van der Waals surface area contributed by atoms with E-state index in [9.17, 15) is 0 Å². The van der Waals surface area contributed by atoms with Crippen molar-refractivity contribution >= 4 is 0 Å². The van der Waals surface area contributed by atoms with Gasteiger partial charge in [0.1, 0.15) is 0 Å². The summed E-state index contributed by atoms with van der Waals surface area (Å²) in [5.74, 6) is 2.59. The molecule has 5 unspecified atom stereocenters. The molecule has 1 N–H and O–H groups in total. The molecule has 1 heterocycles. The van der Waals surface area contributed by atoms with E-state index in [2.05, 4.69) is 50.0 Å². The Labute approximate surface area is 126 Å². The van der Waals surface area contributed by atoms with Crippen molar-refractivity contribution in [1.29, 1.82) is 0 Å². The number of rotatable bonds is 5. The number of likely N-dealkylation sites (N-methyl/N-ethyl adjacent to an activating group) is 1. The van der Waals surface area contributed by atoms with Crippen LogP contribution in [0, 0.1) is 17.8 Å². The lowest BCUT2D eigenvalue weighted by Gasteiger charge is -2.42. The topological polar surface area (TPSA) is 18.5 Å². The van der Waals surface area contributed by atoms with E-state index in [1.54, 1.807) is 0 Å². The minimum Gasteiger partial charge on any atom is -0.314 e. The third kappa shape index (κ3) is 3.96. The van der Waals surface area contributed by atoms with Crippen LogP contribution in [0.4, 0.5) is 0 Å². The lowest BCUT2D eigenvalue weighted by molar-refractivity contribution is 0.109. The first-order valence-electron chi connectivity index (χ1n) is 8.63. The monoisotopic (exact) mass is 281 g/mol. The summed E-state index contributed by atoms with van der Waals surface area (Å²) in [6.45, 7) is 12.1. The van der Waals surface area contributed by atoms with Gasteiger partial charge < -0.3 is 15.1 Å². The molecular formula is C17H35N3. The molecule has 20 heavy (non-hydrogen) atoms. The minimum atomic E-state index is 0.733. The Hall–Kier alpha value is -0.120. The van der Waals surface area contributed by atoms with Crippen molar-refractivity contribution in [1.82, 2.24) is 15.1 Å². The van der Waals surface area contributed by atoms with Crippen LogP contribution in [0.3, 0.4) is 0 Å². The molecule has 0 radical (unpaired) electrons. The van der Waals surface area contributed by atoms with E-state index >= 15 is 0 Å². The summed E-state index contributed by atoms with van der Waals surface area (Å²) in [7, 11) is 4.45. The SMILES string of the molecule is CCNC1CC(C)CC(C)C1CN1CCC(N(C)C)C1. The van der Waals surface area contributed by atoms with Gasteiger partial charge >= 0.3 is 0 Å². The molecular weight excluding hydrogens is 246 g/mol. The van der Waals surface area contributed by atoms with Crippen molar-refractivity contribution in [2.45, 2.75) is 52.1 Å². The Morgan fingerprint density at radius 1 is 1.20 bits per heavy atom. The Morgan fingerprint density at radius 3 is 2.55 bits per heavy atom. The largest absolute Gasteiger partial charge is 0.314 e. The van der Waals surface area contributed by atoms with Gasteiger partial charge in [0.05, 0.1) is 0 Å². The van der Waals surface area contributed by atoms with Gasteiger partial charge in [-0.3, -0.25) is 0 Å². The van der Waals surface area contributed by atoms with Crippen molar-refractivity contribution in [2.24, 2.45) is 17.8 Å². The number of hydrogen-bond acceptors (Lipinski definition) is 3. The molecule has 0 aromatic carbocycles. The van der Waals surface area contributed by atoms with Crippen molar-refractivity contribution < 1.29 is 0 Å². The fourth-order valence-corrected chi connectivity index (χ4v) is 4.41. The van der Waals surface area contributed by atoms with Crippen LogP contribution in [0.2, 0.25) is 0 Å². The molecule has 0 bridgehead atoms. The van der Waals surface area contributed by atoms with Gasteiger partial charge in [-0.25, -0.2) is 0 Å². The number of nitrogens with zero attached hydrogens (tertiary/aromatic N) is 2. The van der Waals surface area contributed by atoms with Crippen LogP contribution < -0.4 is 5.32 Å². The predicted molar refractivity (Wildman–Crippen MR) is 87.0 cm³/mol. The van der Waals surface area contributed by atoms with E-state index < -0.39 is 0 Å². The van der Waals surface area contributed by atoms with Gasteiger partial charge in [0, 0.05) is 25.2 Å². The summed E-state index contributed by atoms with van der Waals surface area (Å²) in [5.41, 5.74) is 0. The molecule has 1 saturated carbocycles. The quantitative estimate of drug-likeness (QED) is 0.834. The molecule has 3 heteroatoms. The summed E-state index contributed by atoms with van der Waals surface area (Å²) in [5, 5.41) is 3.77. The summed E-state index contributed by atoms with van der Waals surface area (Å²) < 4.78 is 0. The van der Waals surface area contributed by atoms with Gasteiger partial charge in [0.2, 0.25) is 0 Å². The first kappa shape index (κ1) is 16.3. The zero-order valence-electron chi connectivity index (χ0n) is 14.2. The van der Waals surface area contributed by atoms with Crippen LogP contribution in [0.1, 0.15) is 40.0 Å². The van der Waals surface area contributed by atoms with Crippen molar-refractivity contribution in [3.63, 3.8) is 0 Å². The summed E-state index contributed by atoms with van der Waals surface area (Å²) in [6, 6.07) is 1.50. The predicted octanol–water partition coefficient (Wildman–Crippen LogP) is 2.28. The van der Waals surface area contributed by atoms with Crippen LogP contribution in [0.5, 0.6) is 0 Å². The van der Waals surface area contributed by atoms with Crippen LogP contribution in [-0.4, -0.2) is 62.2 Å². The molecule has 5 atom stereocenters. The van der Waals surface area contributed by atoms with E-state index in [1.165, 1.54) is 38.9 Å². The van der Waals surface area contributed by atoms with Gasteiger partial charge in [-0.1, -0.05) is 20.8 Å². The van der Waals surface area contributed by atoms with Crippen LogP contribution >= 0.6 is 0 Å². The smallest absolute Gasteiger partial charge is 0.0229 e. The van der Waals surface area contributed by atoms with Gasteiger partial charge in [-0.05, 0) is 64.2 Å². The Bertz CT molecular complexity index is 292. The average molecular weight is 281 g/mol. The standard InChI is InChI=1S/C17H35N3/c1-6-18-17-10-13(2)9-14(3)16(17)12-20-8-7-15(11-20)19(4)5/h13-18H,6-12H2,1-5H3. The van der Waals surface area contributed by atoms with Crippen molar-refractivity contribution in [3.05, 3.63) is 0 Å². The Morgan fingerprint density at radius 2 is 1.95 bits per heavy atom. The lowest BCUT2D eigenvalue weighted by atomic mass is 9.72. The number of likely N-dealkylation sites (tertiary alicyclic amines) is 1. The normalized spacial score (nSPS) is 39.6. The molecule has 0 spiro atoms. The van der Waals surface area contributed by atoms with E-state index in [0.29, 0.717) is 0 Å². The highest BCUT2D eigenvalue weighted by Crippen LogP contribution is 2.35. The second kappa shape index (κ2) is 7.24. The fourth-order valence-electron chi connectivity index (χ4n) is 4.41. The molecule has 0 aromatic heterocycles. The van der Waals surface area contributed by atoms with Crippen molar-refractivity contribution in [2.75, 3.05) is 40.3 Å². The highest BCUT2D eigenvalue weighted by Gasteiger charge is 2.36. The molecule has 0 amide bonds. The van der Waals surface area contributed by atoms with E-state index in [0.717, 1.165) is 36.4 Å². The Kier molecular flexibility index (Phi) is 5.88. The molecule has 1 aliphatic carbocycles. The van der Waals surface area contributed by atoms with E-state index in [1.807, 2.05) is 0 Å². The summed E-state index contributed by atoms with van der Waals surface area (Å²) in [6.07, 6.45) is 4.13. The lowest BCUT2D eigenvalue weighted by Crippen LogP contribution is -2.49. The molecule has 1 aliphatic heterocycles. The average Bonchev–Trinajstić information content (AvgIpc) is 2.82. The molecule has 0 aromatic rings. The fraction of sp³-hybridized carbons (Fsp3) is 1.00. The highest BCUT2D eigenvalue weighted by molar-refractivity contribution is 4.91. The second-order valence-corrected chi connectivity index (χ2v) is 7.55. The zero-order chi connectivity index (χ0) is 14.7. The van der Waals surface area contributed by atoms with Gasteiger partial charge in [-0.15, -0.1) is 0 Å². The molecule has 1 saturated heterocycles. The molecule has 2 fully saturated rings. The van der Waals surface area contributed by atoms with Gasteiger partial charge in [-0.2, -0.15) is 0 Å². The maximum atomic E-state index is 3.77. The van der Waals surface area contributed by atoms with E-state index in [4.69, 9.17) is 0 Å². The third-order valence-corrected chi connectivity index (χ3v) is 5.59. The highest BCUT2D eigenvalue weighted by atomic mass is 15.2. The molecule has 2 aliphatic rings. The maximum Gasteiger partial charge on any atom is 0.0229 e. The zero-order valence-corrected chi connectivity index (χ0v) is 14.2. The number of hydrogen-bond donors (Lipinski definition) is 1. The molecule has 118 valence electrons. The molecule has 2 rings (SSSR count). The summed E-state index contributed by atoms with van der Waals surface area (Å²) in [4.78, 5) is 5.11. The number of nitrogens with one attached hydrogen (secondary N) is 1. The van der Waals surface area contributed by atoms with Crippen LogP contribution in [0.25, 0.3) is 0 Å². The van der Waals surface area contributed by atoms with Crippen LogP contribution in [-0.2, 0) is 0 Å². The van der Waals surface area contributed by atoms with Crippen molar-refractivity contribution in [3.8, 4) is 0 Å². The Balaban J connectivity index is 1.92.